The van der Waals surface area contributed by atoms with Crippen LogP contribution in [0.5, 0.6) is 0 Å². The molecule has 1 N–H and O–H groups in total. The summed E-state index contributed by atoms with van der Waals surface area (Å²) in [6.07, 6.45) is 5.23. The molecule has 0 atom stereocenters. The van der Waals surface area contributed by atoms with Crippen LogP contribution in [0, 0.1) is 0 Å². The lowest BCUT2D eigenvalue weighted by Gasteiger charge is -2.01. The number of rotatable bonds is 6. The van der Waals surface area contributed by atoms with Gasteiger partial charge in [0, 0.05) is 30.7 Å². The second kappa shape index (κ2) is 7.06. The molecule has 0 aliphatic rings. The lowest BCUT2D eigenvalue weighted by molar-refractivity contribution is -0.684. The molecule has 0 spiro atoms. The van der Waals surface area contributed by atoms with Crippen LogP contribution < -0.4 is 9.88 Å². The van der Waals surface area contributed by atoms with Crippen molar-refractivity contribution in [2.45, 2.75) is 13.0 Å². The summed E-state index contributed by atoms with van der Waals surface area (Å²) >= 11 is 6.50. The zero-order valence-corrected chi connectivity index (χ0v) is 12.0. The molecule has 2 aromatic rings. The van der Waals surface area contributed by atoms with Crippen LogP contribution in [0.3, 0.4) is 0 Å². The molecule has 0 saturated heterocycles. The standard InChI is InChI=1S/C12H11ClN4O2S/c13-10(18)1-4-14-11(19)7-17-5-2-9(3-6-17)12-15-8-16-20-12/h2-3,5-6,8H,1,4,7H2/p+1. The second-order valence-corrected chi connectivity index (χ2v) is 5.16. The van der Waals surface area contributed by atoms with Gasteiger partial charge in [-0.1, -0.05) is 0 Å². The summed E-state index contributed by atoms with van der Waals surface area (Å²) in [7, 11) is 0. The molecule has 0 aliphatic carbocycles. The molecule has 2 aromatic heterocycles. The average Bonchev–Trinajstić information content (AvgIpc) is 2.93. The van der Waals surface area contributed by atoms with Crippen LogP contribution in [0.4, 0.5) is 0 Å². The summed E-state index contributed by atoms with van der Waals surface area (Å²) < 4.78 is 5.68. The minimum Gasteiger partial charge on any atom is -0.350 e. The Kier molecular flexibility index (Phi) is 5.14. The van der Waals surface area contributed by atoms with Crippen molar-refractivity contribution in [2.75, 3.05) is 6.54 Å². The van der Waals surface area contributed by atoms with E-state index in [0.29, 0.717) is 0 Å². The minimum absolute atomic E-state index is 0.133. The number of amides is 1. The van der Waals surface area contributed by atoms with Gasteiger partial charge in [0.25, 0.3) is 5.91 Å². The first-order valence-electron chi connectivity index (χ1n) is 5.86. The predicted molar refractivity (Wildman–Crippen MR) is 74.0 cm³/mol. The van der Waals surface area contributed by atoms with E-state index in [1.807, 2.05) is 12.1 Å². The fourth-order valence-corrected chi connectivity index (χ4v) is 2.15. The highest BCUT2D eigenvalue weighted by Gasteiger charge is 2.10. The average molecular weight is 312 g/mol. The number of pyridine rings is 1. The lowest BCUT2D eigenvalue weighted by Crippen LogP contribution is -2.42. The highest BCUT2D eigenvalue weighted by Crippen LogP contribution is 2.17. The molecule has 1 amide bonds. The van der Waals surface area contributed by atoms with Crippen LogP contribution in [-0.2, 0) is 16.1 Å². The van der Waals surface area contributed by atoms with Gasteiger partial charge in [-0.15, -0.1) is 0 Å². The van der Waals surface area contributed by atoms with Crippen molar-refractivity contribution in [1.82, 2.24) is 14.7 Å². The monoisotopic (exact) mass is 311 g/mol. The molecule has 0 aromatic carbocycles. The molecule has 8 heteroatoms. The van der Waals surface area contributed by atoms with E-state index in [9.17, 15) is 9.59 Å². The summed E-state index contributed by atoms with van der Waals surface area (Å²) in [6, 6.07) is 3.74. The largest absolute Gasteiger partial charge is 0.350 e. The zero-order valence-electron chi connectivity index (χ0n) is 10.5. The SMILES string of the molecule is O=C(Cl)CCNC(=O)C[n+]1ccc(-c2ncns2)cc1. The maximum absolute atomic E-state index is 11.6. The van der Waals surface area contributed by atoms with Crippen molar-refractivity contribution in [2.24, 2.45) is 0 Å². The Bertz CT molecular complexity index is 586. The third-order valence-electron chi connectivity index (χ3n) is 2.47. The van der Waals surface area contributed by atoms with Crippen molar-refractivity contribution in [3.63, 3.8) is 0 Å². The molecule has 2 rings (SSSR count). The molecular weight excluding hydrogens is 300 g/mol. The van der Waals surface area contributed by atoms with Gasteiger partial charge in [-0.3, -0.25) is 9.59 Å². The summed E-state index contributed by atoms with van der Waals surface area (Å²) in [5.74, 6) is -0.170. The van der Waals surface area contributed by atoms with Gasteiger partial charge in [0.1, 0.15) is 11.3 Å². The number of nitrogens with zero attached hydrogens (tertiary/aromatic N) is 3. The van der Waals surface area contributed by atoms with Gasteiger partial charge in [0.05, 0.1) is 0 Å². The van der Waals surface area contributed by atoms with Crippen LogP contribution in [0.15, 0.2) is 30.9 Å². The molecule has 104 valence electrons. The summed E-state index contributed by atoms with van der Waals surface area (Å²) in [5, 5.41) is 3.00. The molecule has 0 fully saturated rings. The van der Waals surface area contributed by atoms with Gasteiger partial charge in [-0.05, 0) is 23.1 Å². The van der Waals surface area contributed by atoms with Crippen LogP contribution in [0.1, 0.15) is 6.42 Å². The maximum Gasteiger partial charge on any atom is 0.286 e. The number of hydrogen-bond acceptors (Lipinski definition) is 5. The van der Waals surface area contributed by atoms with Crippen LogP contribution >= 0.6 is 23.1 Å². The first kappa shape index (κ1) is 14.5. The van der Waals surface area contributed by atoms with Gasteiger partial charge >= 0.3 is 0 Å². The number of aromatic nitrogens is 3. The van der Waals surface area contributed by atoms with E-state index in [2.05, 4.69) is 14.7 Å². The van der Waals surface area contributed by atoms with Crippen LogP contribution in [0.25, 0.3) is 10.6 Å². The molecule has 0 bridgehead atoms. The Balaban J connectivity index is 1.87. The van der Waals surface area contributed by atoms with E-state index in [1.54, 1.807) is 17.0 Å². The first-order chi connectivity index (χ1) is 9.65. The van der Waals surface area contributed by atoms with Gasteiger partial charge < -0.3 is 5.32 Å². The normalized spacial score (nSPS) is 10.2. The van der Waals surface area contributed by atoms with E-state index >= 15 is 0 Å². The summed E-state index contributed by atoms with van der Waals surface area (Å²) in [6.45, 7) is 0.442. The zero-order chi connectivity index (χ0) is 14.4. The maximum atomic E-state index is 11.6. The Hall–Kier alpha value is -1.86. The van der Waals surface area contributed by atoms with Crippen molar-refractivity contribution < 1.29 is 14.2 Å². The number of hydrogen-bond donors (Lipinski definition) is 1. The third-order valence-corrected chi connectivity index (χ3v) is 3.37. The topological polar surface area (TPSA) is 75.8 Å². The molecule has 0 aliphatic heterocycles. The number of nitrogens with one attached hydrogen (secondary N) is 1. The summed E-state index contributed by atoms with van der Waals surface area (Å²) in [5.41, 5.74) is 0.955. The molecule has 2 heterocycles. The van der Waals surface area contributed by atoms with E-state index in [0.717, 1.165) is 10.6 Å². The van der Waals surface area contributed by atoms with E-state index in [-0.39, 0.29) is 25.4 Å². The van der Waals surface area contributed by atoms with Crippen LogP contribution in [-0.4, -0.2) is 27.1 Å². The third kappa shape index (κ3) is 4.36. The fourth-order valence-electron chi connectivity index (χ4n) is 1.53. The van der Waals surface area contributed by atoms with Crippen molar-refractivity contribution >= 4 is 34.3 Å². The fraction of sp³-hybridized carbons (Fsp3) is 0.250. The summed E-state index contributed by atoms with van der Waals surface area (Å²) in [4.78, 5) is 26.2. The van der Waals surface area contributed by atoms with Crippen molar-refractivity contribution in [1.29, 1.82) is 0 Å². The van der Waals surface area contributed by atoms with Gasteiger partial charge in [0.2, 0.25) is 11.8 Å². The number of carbonyl (C=O) groups is 2. The van der Waals surface area contributed by atoms with E-state index < -0.39 is 5.24 Å². The molecule has 0 radical (unpaired) electrons. The van der Waals surface area contributed by atoms with E-state index in [4.69, 9.17) is 11.6 Å². The van der Waals surface area contributed by atoms with Gasteiger partial charge in [-0.25, -0.2) is 4.98 Å². The van der Waals surface area contributed by atoms with Gasteiger partial charge in [-0.2, -0.15) is 8.94 Å². The molecular formula is C12H12ClN4O2S+. The first-order valence-corrected chi connectivity index (χ1v) is 7.01. The molecule has 20 heavy (non-hydrogen) atoms. The Labute approximate surface area is 124 Å². The second-order valence-electron chi connectivity index (χ2n) is 3.96. The molecule has 0 unspecified atom stereocenters. The Morgan fingerprint density at radius 3 is 2.70 bits per heavy atom. The van der Waals surface area contributed by atoms with E-state index in [1.165, 1.54) is 17.9 Å². The predicted octanol–water partition coefficient (Wildman–Crippen LogP) is 0.764. The highest BCUT2D eigenvalue weighted by molar-refractivity contribution is 7.09. The highest BCUT2D eigenvalue weighted by atomic mass is 35.5. The van der Waals surface area contributed by atoms with Crippen LogP contribution in [0.2, 0.25) is 0 Å². The van der Waals surface area contributed by atoms with Crippen molar-refractivity contribution in [3.05, 3.63) is 30.9 Å². The number of carbonyl (C=O) groups excluding carboxylic acids is 2. The Morgan fingerprint density at radius 1 is 1.35 bits per heavy atom. The molecule has 6 nitrogen and oxygen atoms in total. The quantitative estimate of drug-likeness (QED) is 0.631. The van der Waals surface area contributed by atoms with Crippen molar-refractivity contribution in [3.8, 4) is 10.6 Å². The van der Waals surface area contributed by atoms with Gasteiger partial charge in [0.15, 0.2) is 12.4 Å². The smallest absolute Gasteiger partial charge is 0.286 e. The minimum atomic E-state index is -0.459. The lowest BCUT2D eigenvalue weighted by atomic mass is 10.3. The number of halogens is 1. The molecule has 0 saturated carbocycles. The Morgan fingerprint density at radius 2 is 2.10 bits per heavy atom.